The van der Waals surface area contributed by atoms with Gasteiger partial charge in [0.25, 0.3) is 0 Å². The van der Waals surface area contributed by atoms with Gasteiger partial charge >= 0.3 is 0 Å². The third-order valence-electron chi connectivity index (χ3n) is 4.56. The van der Waals surface area contributed by atoms with E-state index in [-0.39, 0.29) is 40.8 Å². The Labute approximate surface area is 149 Å². The molecule has 0 fully saturated rings. The van der Waals surface area contributed by atoms with Gasteiger partial charge < -0.3 is 24.8 Å². The van der Waals surface area contributed by atoms with Crippen LogP contribution in [0.5, 0.6) is 28.7 Å². The number of phenolic OH excluding ortho intramolecular Hbond substituents is 3. The van der Waals surface area contributed by atoms with Crippen molar-refractivity contribution >= 4 is 11.9 Å². The number of hydrogen-bond acceptors (Lipinski definition) is 6. The number of fused-ring (bicyclic) bond motifs is 2. The second kappa shape index (κ2) is 5.42. The van der Waals surface area contributed by atoms with Crippen LogP contribution in [0.15, 0.2) is 30.3 Å². The van der Waals surface area contributed by atoms with Gasteiger partial charge in [-0.05, 0) is 38.1 Å². The summed E-state index contributed by atoms with van der Waals surface area (Å²) in [5.74, 6) is -0.219. The summed E-state index contributed by atoms with van der Waals surface area (Å²) in [5.41, 5.74) is 0.550. The van der Waals surface area contributed by atoms with Crippen molar-refractivity contribution in [3.05, 3.63) is 47.0 Å². The van der Waals surface area contributed by atoms with Gasteiger partial charge in [-0.15, -0.1) is 0 Å². The lowest BCUT2D eigenvalue weighted by Crippen LogP contribution is -2.27. The number of phenols is 3. The number of Topliss-reactive ketones (excluding diaryl/α,β-unsaturated/α-hetero) is 1. The van der Waals surface area contributed by atoms with E-state index < -0.39 is 11.7 Å². The number of aromatic hydroxyl groups is 3. The molecule has 0 saturated carbocycles. The Morgan fingerprint density at radius 1 is 1.12 bits per heavy atom. The van der Waals surface area contributed by atoms with Crippen molar-refractivity contribution in [1.29, 1.82) is 0 Å². The number of carbonyl (C=O) groups is 1. The number of ketones is 1. The second-order valence-electron chi connectivity index (χ2n) is 7.03. The van der Waals surface area contributed by atoms with E-state index in [0.717, 1.165) is 6.07 Å². The van der Waals surface area contributed by atoms with Crippen molar-refractivity contribution in [2.45, 2.75) is 32.0 Å². The van der Waals surface area contributed by atoms with Crippen LogP contribution >= 0.6 is 0 Å². The lowest BCUT2D eigenvalue weighted by molar-refractivity contribution is 0.0842. The predicted octanol–water partition coefficient (Wildman–Crippen LogP) is 3.69. The number of hydrogen-bond donors (Lipinski definition) is 3. The molecule has 3 N–H and O–H groups in total. The van der Waals surface area contributed by atoms with E-state index in [1.165, 1.54) is 6.07 Å². The normalized spacial score (nSPS) is 19.9. The van der Waals surface area contributed by atoms with Crippen molar-refractivity contribution in [3.8, 4) is 28.7 Å². The first-order chi connectivity index (χ1) is 12.2. The first-order valence-electron chi connectivity index (χ1n) is 8.25. The molecule has 2 aliphatic heterocycles. The summed E-state index contributed by atoms with van der Waals surface area (Å²) in [6, 6.07) is 5.77. The fourth-order valence-corrected chi connectivity index (χ4v) is 3.32. The lowest BCUT2D eigenvalue weighted by atomic mass is 9.92. The van der Waals surface area contributed by atoms with Gasteiger partial charge in [-0.25, -0.2) is 0 Å². The molecule has 0 aromatic heterocycles. The Hall–Kier alpha value is -3.15. The number of rotatable bonds is 1. The summed E-state index contributed by atoms with van der Waals surface area (Å²) >= 11 is 0. The van der Waals surface area contributed by atoms with E-state index in [0.29, 0.717) is 16.9 Å². The molecule has 0 bridgehead atoms. The van der Waals surface area contributed by atoms with Gasteiger partial charge in [0.05, 0.1) is 12.0 Å². The lowest BCUT2D eigenvalue weighted by Gasteiger charge is -2.30. The molecule has 2 aliphatic rings. The Bertz CT molecular complexity index is 957. The summed E-state index contributed by atoms with van der Waals surface area (Å²) in [6.45, 7) is 3.83. The van der Waals surface area contributed by atoms with Crippen molar-refractivity contribution in [2.75, 3.05) is 0 Å². The van der Waals surface area contributed by atoms with Gasteiger partial charge in [0.15, 0.2) is 5.78 Å². The number of carbonyl (C=O) groups excluding carboxylic acids is 1. The van der Waals surface area contributed by atoms with Crippen LogP contribution in [0.3, 0.4) is 0 Å². The summed E-state index contributed by atoms with van der Waals surface area (Å²) in [5, 5.41) is 30.2. The minimum atomic E-state index is -0.732. The SMILES string of the molecule is CC1(C)C=Cc2c(ccc([C@H]3CC(=O)c4c(O)cc(O)cc4O3)c2O)O1. The molecule has 0 aliphatic carbocycles. The highest BCUT2D eigenvalue weighted by Gasteiger charge is 2.34. The standard InChI is InChI=1S/C20H18O6/c1-20(2)6-5-12-15(26-20)4-3-11(19(12)24)16-9-14(23)18-13(22)7-10(21)8-17(18)25-16/h3-8,16,21-22,24H,9H2,1-2H3/t16-/m1/s1. The van der Waals surface area contributed by atoms with E-state index in [1.807, 2.05) is 19.9 Å². The fourth-order valence-electron chi connectivity index (χ4n) is 3.32. The third-order valence-corrected chi connectivity index (χ3v) is 4.56. The quantitative estimate of drug-likeness (QED) is 0.723. The van der Waals surface area contributed by atoms with Gasteiger partial charge in [0, 0.05) is 17.7 Å². The van der Waals surface area contributed by atoms with E-state index in [9.17, 15) is 20.1 Å². The predicted molar refractivity (Wildman–Crippen MR) is 93.9 cm³/mol. The van der Waals surface area contributed by atoms with Crippen molar-refractivity contribution < 1.29 is 29.6 Å². The molecule has 2 heterocycles. The molecule has 134 valence electrons. The number of benzene rings is 2. The Morgan fingerprint density at radius 2 is 1.88 bits per heavy atom. The van der Waals surface area contributed by atoms with Crippen LogP contribution in [-0.2, 0) is 0 Å². The van der Waals surface area contributed by atoms with Crippen molar-refractivity contribution in [3.63, 3.8) is 0 Å². The topological polar surface area (TPSA) is 96.2 Å². The third kappa shape index (κ3) is 2.54. The van der Waals surface area contributed by atoms with Crippen molar-refractivity contribution in [1.82, 2.24) is 0 Å². The van der Waals surface area contributed by atoms with Gasteiger partial charge in [-0.1, -0.05) is 0 Å². The minimum Gasteiger partial charge on any atom is -0.508 e. The summed E-state index contributed by atoms with van der Waals surface area (Å²) in [7, 11) is 0. The van der Waals surface area contributed by atoms with E-state index in [1.54, 1.807) is 18.2 Å². The fraction of sp³-hybridized carbons (Fsp3) is 0.250. The van der Waals surface area contributed by atoms with Crippen LogP contribution in [0, 0.1) is 0 Å². The van der Waals surface area contributed by atoms with Crippen LogP contribution in [0.4, 0.5) is 0 Å². The zero-order chi connectivity index (χ0) is 18.6. The molecule has 26 heavy (non-hydrogen) atoms. The maximum Gasteiger partial charge on any atom is 0.174 e. The molecule has 2 aromatic carbocycles. The Balaban J connectivity index is 1.75. The van der Waals surface area contributed by atoms with Gasteiger partial charge in [0.1, 0.15) is 46.0 Å². The van der Waals surface area contributed by atoms with E-state index in [4.69, 9.17) is 9.47 Å². The summed E-state index contributed by atoms with van der Waals surface area (Å²) in [4.78, 5) is 12.4. The molecule has 0 unspecified atom stereocenters. The molecule has 0 spiro atoms. The van der Waals surface area contributed by atoms with Crippen LogP contribution in [-0.4, -0.2) is 26.7 Å². The minimum absolute atomic E-state index is 0.0140. The van der Waals surface area contributed by atoms with Gasteiger partial charge in [-0.2, -0.15) is 0 Å². The molecular formula is C20H18O6. The number of ether oxygens (including phenoxy) is 2. The molecule has 4 rings (SSSR count). The maximum atomic E-state index is 12.4. The van der Waals surface area contributed by atoms with Gasteiger partial charge in [-0.3, -0.25) is 4.79 Å². The first kappa shape index (κ1) is 16.3. The summed E-state index contributed by atoms with van der Waals surface area (Å²) < 4.78 is 11.6. The zero-order valence-corrected chi connectivity index (χ0v) is 14.3. The van der Waals surface area contributed by atoms with E-state index >= 15 is 0 Å². The highest BCUT2D eigenvalue weighted by Crippen LogP contribution is 2.46. The monoisotopic (exact) mass is 354 g/mol. The van der Waals surface area contributed by atoms with Crippen LogP contribution in [0.25, 0.3) is 6.08 Å². The molecule has 1 atom stereocenters. The Morgan fingerprint density at radius 3 is 2.65 bits per heavy atom. The average molecular weight is 354 g/mol. The van der Waals surface area contributed by atoms with E-state index in [2.05, 4.69) is 0 Å². The molecule has 6 nitrogen and oxygen atoms in total. The summed E-state index contributed by atoms with van der Waals surface area (Å²) in [6.07, 6.45) is 2.86. The maximum absolute atomic E-state index is 12.4. The average Bonchev–Trinajstić information content (AvgIpc) is 2.52. The second-order valence-corrected chi connectivity index (χ2v) is 7.03. The molecule has 2 aromatic rings. The molecule has 6 heteroatoms. The first-order valence-corrected chi connectivity index (χ1v) is 8.25. The molecule has 0 radical (unpaired) electrons. The molecule has 0 amide bonds. The Kier molecular flexibility index (Phi) is 3.41. The smallest absolute Gasteiger partial charge is 0.174 e. The highest BCUT2D eigenvalue weighted by molar-refractivity contribution is 6.02. The molecule has 0 saturated heterocycles. The zero-order valence-electron chi connectivity index (χ0n) is 14.3. The van der Waals surface area contributed by atoms with Crippen LogP contribution in [0.2, 0.25) is 0 Å². The largest absolute Gasteiger partial charge is 0.508 e. The van der Waals surface area contributed by atoms with Gasteiger partial charge in [0.2, 0.25) is 0 Å². The highest BCUT2D eigenvalue weighted by atomic mass is 16.5. The molecular weight excluding hydrogens is 336 g/mol. The van der Waals surface area contributed by atoms with Crippen LogP contribution in [0.1, 0.15) is 47.9 Å². The van der Waals surface area contributed by atoms with Crippen LogP contribution < -0.4 is 9.47 Å². The van der Waals surface area contributed by atoms with Crippen molar-refractivity contribution in [2.24, 2.45) is 0 Å².